The van der Waals surface area contributed by atoms with E-state index in [2.05, 4.69) is 0 Å². The Morgan fingerprint density at radius 3 is 2.93 bits per heavy atom. The molecule has 1 aromatic carbocycles. The standard InChI is InChI=1S/C10H9N3O/c11-5-6-13-8-4-2-1-3-7(8)9(12)10(13)14/h1-4,9H,6,12H2. The average molecular weight is 187 g/mol. The predicted molar refractivity (Wildman–Crippen MR) is 51.3 cm³/mol. The first kappa shape index (κ1) is 8.73. The topological polar surface area (TPSA) is 70.1 Å². The average Bonchev–Trinajstić information content (AvgIpc) is 2.45. The van der Waals surface area contributed by atoms with Gasteiger partial charge in [0.25, 0.3) is 0 Å². The molecule has 1 heterocycles. The van der Waals surface area contributed by atoms with Crippen molar-refractivity contribution in [2.75, 3.05) is 11.4 Å². The van der Waals surface area contributed by atoms with Crippen molar-refractivity contribution in [3.63, 3.8) is 0 Å². The second kappa shape index (κ2) is 3.13. The van der Waals surface area contributed by atoms with Crippen LogP contribution in [-0.4, -0.2) is 12.5 Å². The molecule has 0 aromatic heterocycles. The van der Waals surface area contributed by atoms with E-state index < -0.39 is 6.04 Å². The molecule has 0 spiro atoms. The summed E-state index contributed by atoms with van der Waals surface area (Å²) in [5.41, 5.74) is 7.26. The number of hydrogen-bond acceptors (Lipinski definition) is 3. The van der Waals surface area contributed by atoms with Crippen LogP contribution in [0.25, 0.3) is 0 Å². The van der Waals surface area contributed by atoms with Gasteiger partial charge in [0.1, 0.15) is 12.6 Å². The maximum absolute atomic E-state index is 11.6. The predicted octanol–water partition coefficient (Wildman–Crippen LogP) is 0.557. The molecule has 0 bridgehead atoms. The lowest BCUT2D eigenvalue weighted by Gasteiger charge is -2.12. The molecule has 0 aliphatic carbocycles. The molecule has 0 saturated carbocycles. The summed E-state index contributed by atoms with van der Waals surface area (Å²) >= 11 is 0. The first-order valence-electron chi connectivity index (χ1n) is 4.28. The summed E-state index contributed by atoms with van der Waals surface area (Å²) < 4.78 is 0. The number of fused-ring (bicyclic) bond motifs is 1. The number of nitrogens with two attached hydrogens (primary N) is 1. The third-order valence-electron chi connectivity index (χ3n) is 2.32. The van der Waals surface area contributed by atoms with E-state index in [4.69, 9.17) is 11.0 Å². The van der Waals surface area contributed by atoms with Crippen LogP contribution in [0.1, 0.15) is 11.6 Å². The molecular formula is C10H9N3O. The molecule has 70 valence electrons. The van der Waals surface area contributed by atoms with E-state index in [9.17, 15) is 4.79 Å². The molecule has 0 saturated heterocycles. The van der Waals surface area contributed by atoms with Crippen molar-refractivity contribution in [3.8, 4) is 6.07 Å². The number of anilines is 1. The summed E-state index contributed by atoms with van der Waals surface area (Å²) in [6.07, 6.45) is 0. The molecule has 1 aliphatic rings. The summed E-state index contributed by atoms with van der Waals surface area (Å²) in [5.74, 6) is -0.201. The number of carbonyl (C=O) groups excluding carboxylic acids is 1. The zero-order valence-corrected chi connectivity index (χ0v) is 7.47. The number of hydrogen-bond donors (Lipinski definition) is 1. The van der Waals surface area contributed by atoms with Gasteiger partial charge in [-0.3, -0.25) is 9.69 Å². The van der Waals surface area contributed by atoms with Crippen LogP contribution in [0.4, 0.5) is 5.69 Å². The van der Waals surface area contributed by atoms with Crippen LogP contribution < -0.4 is 10.6 Å². The Hall–Kier alpha value is -1.86. The van der Waals surface area contributed by atoms with E-state index in [1.165, 1.54) is 4.90 Å². The lowest BCUT2D eigenvalue weighted by atomic mass is 10.1. The van der Waals surface area contributed by atoms with Crippen molar-refractivity contribution in [3.05, 3.63) is 29.8 Å². The highest BCUT2D eigenvalue weighted by atomic mass is 16.2. The number of rotatable bonds is 1. The second-order valence-electron chi connectivity index (χ2n) is 3.12. The summed E-state index contributed by atoms with van der Waals surface area (Å²) in [6, 6.07) is 8.62. The fraction of sp³-hybridized carbons (Fsp3) is 0.200. The van der Waals surface area contributed by atoms with Crippen LogP contribution in [0.15, 0.2) is 24.3 Å². The minimum absolute atomic E-state index is 0.0591. The maximum atomic E-state index is 11.6. The van der Waals surface area contributed by atoms with Crippen LogP contribution in [0, 0.1) is 11.3 Å². The monoisotopic (exact) mass is 187 g/mol. The van der Waals surface area contributed by atoms with Gasteiger partial charge in [-0.1, -0.05) is 18.2 Å². The van der Waals surface area contributed by atoms with Gasteiger partial charge in [0.2, 0.25) is 5.91 Å². The Bertz CT molecular complexity index is 422. The van der Waals surface area contributed by atoms with Gasteiger partial charge in [0, 0.05) is 5.56 Å². The second-order valence-corrected chi connectivity index (χ2v) is 3.12. The van der Waals surface area contributed by atoms with E-state index >= 15 is 0 Å². The molecule has 1 aliphatic heterocycles. The van der Waals surface area contributed by atoms with Crippen molar-refractivity contribution in [2.24, 2.45) is 5.73 Å². The Labute approximate surface area is 81.5 Å². The van der Waals surface area contributed by atoms with Crippen molar-refractivity contribution in [1.29, 1.82) is 5.26 Å². The SMILES string of the molecule is N#CCN1C(=O)C(N)c2ccccc21. The van der Waals surface area contributed by atoms with E-state index in [1.54, 1.807) is 6.07 Å². The Morgan fingerprint density at radius 2 is 2.21 bits per heavy atom. The minimum atomic E-state index is -0.612. The number of amides is 1. The molecule has 1 amide bonds. The van der Waals surface area contributed by atoms with Crippen molar-refractivity contribution >= 4 is 11.6 Å². The third kappa shape index (κ3) is 1.07. The summed E-state index contributed by atoms with van der Waals surface area (Å²) in [5, 5.41) is 8.57. The van der Waals surface area contributed by atoms with Crippen LogP contribution in [0.2, 0.25) is 0 Å². The summed E-state index contributed by atoms with van der Waals surface area (Å²) in [4.78, 5) is 13.0. The highest BCUT2D eigenvalue weighted by molar-refractivity contribution is 6.04. The van der Waals surface area contributed by atoms with Crippen LogP contribution in [0.5, 0.6) is 0 Å². The largest absolute Gasteiger partial charge is 0.316 e. The van der Waals surface area contributed by atoms with Gasteiger partial charge in [0.05, 0.1) is 11.8 Å². The molecular weight excluding hydrogens is 178 g/mol. The molecule has 2 rings (SSSR count). The Morgan fingerprint density at radius 1 is 1.50 bits per heavy atom. The van der Waals surface area contributed by atoms with E-state index in [0.29, 0.717) is 0 Å². The molecule has 14 heavy (non-hydrogen) atoms. The van der Waals surface area contributed by atoms with Crippen LogP contribution in [-0.2, 0) is 4.79 Å². The van der Waals surface area contributed by atoms with Crippen molar-refractivity contribution in [2.45, 2.75) is 6.04 Å². The zero-order chi connectivity index (χ0) is 10.1. The van der Waals surface area contributed by atoms with E-state index in [-0.39, 0.29) is 12.5 Å². The Balaban J connectivity index is 2.49. The maximum Gasteiger partial charge on any atom is 0.249 e. The highest BCUT2D eigenvalue weighted by Gasteiger charge is 2.33. The first-order chi connectivity index (χ1) is 6.75. The number of nitrogens with zero attached hydrogens (tertiary/aromatic N) is 2. The van der Waals surface area contributed by atoms with Gasteiger partial charge in [-0.2, -0.15) is 5.26 Å². The lowest BCUT2D eigenvalue weighted by Crippen LogP contribution is -2.31. The van der Waals surface area contributed by atoms with Gasteiger partial charge in [-0.25, -0.2) is 0 Å². The lowest BCUT2D eigenvalue weighted by molar-refractivity contribution is -0.119. The fourth-order valence-electron chi connectivity index (χ4n) is 1.65. The molecule has 0 radical (unpaired) electrons. The number of carbonyl (C=O) groups is 1. The van der Waals surface area contributed by atoms with E-state index in [1.807, 2.05) is 24.3 Å². The molecule has 1 atom stereocenters. The fourth-order valence-corrected chi connectivity index (χ4v) is 1.65. The summed E-state index contributed by atoms with van der Waals surface area (Å²) in [7, 11) is 0. The van der Waals surface area contributed by atoms with Gasteiger partial charge in [-0.15, -0.1) is 0 Å². The molecule has 1 aromatic rings. The number of nitriles is 1. The minimum Gasteiger partial charge on any atom is -0.316 e. The zero-order valence-electron chi connectivity index (χ0n) is 7.47. The van der Waals surface area contributed by atoms with Gasteiger partial charge >= 0.3 is 0 Å². The summed E-state index contributed by atoms with van der Waals surface area (Å²) in [6.45, 7) is 0.0591. The van der Waals surface area contributed by atoms with Crippen LogP contribution in [0.3, 0.4) is 0 Å². The molecule has 4 nitrogen and oxygen atoms in total. The number of para-hydroxylation sites is 1. The van der Waals surface area contributed by atoms with Gasteiger partial charge in [-0.05, 0) is 6.07 Å². The molecule has 1 unspecified atom stereocenters. The quantitative estimate of drug-likeness (QED) is 0.653. The van der Waals surface area contributed by atoms with Crippen molar-refractivity contribution < 1.29 is 4.79 Å². The highest BCUT2D eigenvalue weighted by Crippen LogP contribution is 2.33. The molecule has 0 fully saturated rings. The van der Waals surface area contributed by atoms with Crippen LogP contribution >= 0.6 is 0 Å². The van der Waals surface area contributed by atoms with E-state index in [0.717, 1.165) is 11.3 Å². The molecule has 4 heteroatoms. The number of benzene rings is 1. The first-order valence-corrected chi connectivity index (χ1v) is 4.28. The smallest absolute Gasteiger partial charge is 0.249 e. The normalized spacial score (nSPS) is 19.3. The van der Waals surface area contributed by atoms with Gasteiger partial charge < -0.3 is 5.73 Å². The van der Waals surface area contributed by atoms with Crippen molar-refractivity contribution in [1.82, 2.24) is 0 Å². The molecule has 2 N–H and O–H groups in total. The Kier molecular flexibility index (Phi) is 1.95. The van der Waals surface area contributed by atoms with Gasteiger partial charge in [0.15, 0.2) is 0 Å². The third-order valence-corrected chi connectivity index (χ3v) is 2.32.